The molecule has 4 nitrogen and oxygen atoms in total. The lowest BCUT2D eigenvalue weighted by Gasteiger charge is -2.17. The second-order valence-electron chi connectivity index (χ2n) is 4.48. The highest BCUT2D eigenvalue weighted by molar-refractivity contribution is 7.89. The number of nitrogens with zero attached hydrogens (tertiary/aromatic N) is 1. The highest BCUT2D eigenvalue weighted by atomic mass is 35.5. The molecular weight excluding hydrogens is 312 g/mol. The fourth-order valence-electron chi connectivity index (χ4n) is 2.15. The minimum Gasteiger partial charge on any atom is -0.380 e. The zero-order valence-corrected chi connectivity index (χ0v) is 12.3. The van der Waals surface area contributed by atoms with Gasteiger partial charge in [-0.1, -0.05) is 0 Å². The number of hydrogen-bond acceptors (Lipinski definition) is 3. The number of alkyl halides is 1. The average Bonchev–Trinajstić information content (AvgIpc) is 2.88. The molecule has 0 saturated carbocycles. The van der Waals surface area contributed by atoms with Crippen molar-refractivity contribution in [2.75, 3.05) is 20.2 Å². The third-order valence-electron chi connectivity index (χ3n) is 3.34. The summed E-state index contributed by atoms with van der Waals surface area (Å²) in [5.41, 5.74) is -0.435. The normalized spacial score (nSPS) is 20.5. The molecule has 8 heteroatoms. The van der Waals surface area contributed by atoms with Gasteiger partial charge in [0.1, 0.15) is 10.7 Å². The number of methoxy groups -OCH3 is 1. The van der Waals surface area contributed by atoms with Crippen LogP contribution in [0, 0.1) is 11.6 Å². The lowest BCUT2D eigenvalue weighted by atomic mass is 10.2. The average molecular weight is 326 g/mol. The summed E-state index contributed by atoms with van der Waals surface area (Å²) in [6.45, 7) is 0.403. The molecule has 1 aliphatic heterocycles. The van der Waals surface area contributed by atoms with Crippen molar-refractivity contribution in [3.05, 3.63) is 29.3 Å². The summed E-state index contributed by atoms with van der Waals surface area (Å²) >= 11 is 5.46. The van der Waals surface area contributed by atoms with Crippen molar-refractivity contribution in [1.29, 1.82) is 0 Å². The van der Waals surface area contributed by atoms with Gasteiger partial charge in [-0.2, -0.15) is 4.31 Å². The molecule has 0 bridgehead atoms. The molecule has 0 amide bonds. The van der Waals surface area contributed by atoms with Crippen LogP contribution in [0.4, 0.5) is 8.78 Å². The molecule has 0 N–H and O–H groups in total. The smallest absolute Gasteiger partial charge is 0.246 e. The van der Waals surface area contributed by atoms with Gasteiger partial charge in [-0.25, -0.2) is 17.2 Å². The van der Waals surface area contributed by atoms with E-state index in [1.807, 2.05) is 0 Å². The lowest BCUT2D eigenvalue weighted by Crippen LogP contribution is -2.31. The Morgan fingerprint density at radius 1 is 1.45 bits per heavy atom. The van der Waals surface area contributed by atoms with Crippen LogP contribution in [0.1, 0.15) is 12.0 Å². The zero-order valence-electron chi connectivity index (χ0n) is 10.8. The maximum atomic E-state index is 14.1. The van der Waals surface area contributed by atoms with Gasteiger partial charge in [-0.05, 0) is 18.6 Å². The first-order chi connectivity index (χ1) is 9.41. The summed E-state index contributed by atoms with van der Waals surface area (Å²) < 4.78 is 58.4. The number of halogens is 3. The Kier molecular flexibility index (Phi) is 4.63. The molecular formula is C12H14ClF2NO3S. The van der Waals surface area contributed by atoms with Gasteiger partial charge in [0.05, 0.1) is 12.0 Å². The number of hydrogen-bond donors (Lipinski definition) is 0. The molecule has 2 rings (SSSR count). The minimum atomic E-state index is -4.01. The first-order valence-electron chi connectivity index (χ1n) is 5.97. The van der Waals surface area contributed by atoms with Crippen molar-refractivity contribution in [3.8, 4) is 0 Å². The molecule has 1 aromatic rings. The van der Waals surface area contributed by atoms with Crippen LogP contribution in [-0.4, -0.2) is 39.0 Å². The molecule has 1 saturated heterocycles. The predicted molar refractivity (Wildman–Crippen MR) is 70.1 cm³/mol. The molecule has 0 aliphatic carbocycles. The van der Waals surface area contributed by atoms with Crippen molar-refractivity contribution in [3.63, 3.8) is 0 Å². The van der Waals surface area contributed by atoms with Crippen LogP contribution >= 0.6 is 11.6 Å². The molecule has 0 spiro atoms. The van der Waals surface area contributed by atoms with Gasteiger partial charge < -0.3 is 4.74 Å². The predicted octanol–water partition coefficient (Wildman–Crippen LogP) is 2.11. The van der Waals surface area contributed by atoms with E-state index in [1.54, 1.807) is 0 Å². The Hall–Kier alpha value is -0.760. The van der Waals surface area contributed by atoms with Crippen molar-refractivity contribution in [2.24, 2.45) is 0 Å². The molecule has 1 atom stereocenters. The van der Waals surface area contributed by atoms with Gasteiger partial charge in [0, 0.05) is 25.8 Å². The third-order valence-corrected chi connectivity index (χ3v) is 5.49. The summed E-state index contributed by atoms with van der Waals surface area (Å²) in [6, 6.07) is 1.84. The maximum Gasteiger partial charge on any atom is 0.246 e. The zero-order chi connectivity index (χ0) is 14.9. The van der Waals surface area contributed by atoms with E-state index >= 15 is 0 Å². The summed E-state index contributed by atoms with van der Waals surface area (Å²) in [4.78, 5) is -0.550. The van der Waals surface area contributed by atoms with E-state index in [0.29, 0.717) is 6.42 Å². The van der Waals surface area contributed by atoms with Crippen LogP contribution in [0.15, 0.2) is 17.0 Å². The Balaban J connectivity index is 2.41. The van der Waals surface area contributed by atoms with Crippen molar-refractivity contribution in [1.82, 2.24) is 4.31 Å². The van der Waals surface area contributed by atoms with Gasteiger partial charge >= 0.3 is 0 Å². The molecule has 1 unspecified atom stereocenters. The summed E-state index contributed by atoms with van der Waals surface area (Å²) in [7, 11) is -2.52. The molecule has 0 radical (unpaired) electrons. The van der Waals surface area contributed by atoms with E-state index in [0.717, 1.165) is 16.4 Å². The van der Waals surface area contributed by atoms with Gasteiger partial charge in [0.25, 0.3) is 0 Å². The molecule has 1 fully saturated rings. The molecule has 112 valence electrons. The topological polar surface area (TPSA) is 46.6 Å². The van der Waals surface area contributed by atoms with Crippen LogP contribution in [0.3, 0.4) is 0 Å². The molecule has 0 aromatic heterocycles. The highest BCUT2D eigenvalue weighted by Crippen LogP contribution is 2.27. The fourth-order valence-corrected chi connectivity index (χ4v) is 3.97. The van der Waals surface area contributed by atoms with E-state index in [1.165, 1.54) is 7.11 Å². The maximum absolute atomic E-state index is 14.1. The number of ether oxygens (including phenoxy) is 1. The monoisotopic (exact) mass is 325 g/mol. The van der Waals surface area contributed by atoms with E-state index in [-0.39, 0.29) is 19.2 Å². The molecule has 1 aliphatic rings. The van der Waals surface area contributed by atoms with E-state index < -0.39 is 38.0 Å². The van der Waals surface area contributed by atoms with Gasteiger partial charge in [-0.3, -0.25) is 0 Å². The number of rotatable bonds is 4. The van der Waals surface area contributed by atoms with E-state index in [9.17, 15) is 17.2 Å². The fraction of sp³-hybridized carbons (Fsp3) is 0.500. The second kappa shape index (κ2) is 5.93. The van der Waals surface area contributed by atoms with E-state index in [2.05, 4.69) is 0 Å². The van der Waals surface area contributed by atoms with Crippen LogP contribution < -0.4 is 0 Å². The number of benzene rings is 1. The molecule has 20 heavy (non-hydrogen) atoms. The minimum absolute atomic E-state index is 0.159. The van der Waals surface area contributed by atoms with E-state index in [4.69, 9.17) is 16.3 Å². The van der Waals surface area contributed by atoms with Gasteiger partial charge in [-0.15, -0.1) is 11.6 Å². The van der Waals surface area contributed by atoms with Crippen LogP contribution in [0.25, 0.3) is 0 Å². The summed E-state index contributed by atoms with van der Waals surface area (Å²) in [6.07, 6.45) is 0.335. The summed E-state index contributed by atoms with van der Waals surface area (Å²) in [5, 5.41) is 0. The lowest BCUT2D eigenvalue weighted by molar-refractivity contribution is 0.115. The summed E-state index contributed by atoms with van der Waals surface area (Å²) in [5.74, 6) is -2.41. The Morgan fingerprint density at radius 3 is 2.70 bits per heavy atom. The van der Waals surface area contributed by atoms with Crippen molar-refractivity contribution >= 4 is 21.6 Å². The Labute approximate surface area is 121 Å². The van der Waals surface area contributed by atoms with Crippen LogP contribution in [0.5, 0.6) is 0 Å². The number of sulfonamides is 1. The first kappa shape index (κ1) is 15.6. The SMILES string of the molecule is COC1CCN(S(=O)(=O)c2ccc(F)c(CCl)c2F)C1. The molecule has 1 heterocycles. The Bertz CT molecular complexity index is 609. The first-order valence-corrected chi connectivity index (χ1v) is 7.95. The highest BCUT2D eigenvalue weighted by Gasteiger charge is 2.35. The van der Waals surface area contributed by atoms with Crippen molar-refractivity contribution in [2.45, 2.75) is 23.3 Å². The van der Waals surface area contributed by atoms with Crippen LogP contribution in [-0.2, 0) is 20.6 Å². The Morgan fingerprint density at radius 2 is 2.15 bits per heavy atom. The van der Waals surface area contributed by atoms with Crippen molar-refractivity contribution < 1.29 is 21.9 Å². The largest absolute Gasteiger partial charge is 0.380 e. The second-order valence-corrected chi connectivity index (χ2v) is 6.65. The van der Waals surface area contributed by atoms with Crippen LogP contribution in [0.2, 0.25) is 0 Å². The molecule has 1 aromatic carbocycles. The van der Waals surface area contributed by atoms with Gasteiger partial charge in [0.2, 0.25) is 10.0 Å². The van der Waals surface area contributed by atoms with Gasteiger partial charge in [0.15, 0.2) is 5.82 Å². The quantitative estimate of drug-likeness (QED) is 0.797. The third kappa shape index (κ3) is 2.67. The standard InChI is InChI=1S/C12H14ClF2NO3S/c1-19-8-4-5-16(7-8)20(17,18)11-3-2-10(14)9(6-13)12(11)15/h2-3,8H,4-7H2,1H3.